The quantitative estimate of drug-likeness (QED) is 0.641. The molecule has 1 aliphatic heterocycles. The highest BCUT2D eigenvalue weighted by Gasteiger charge is 2.32. The van der Waals surface area contributed by atoms with Gasteiger partial charge in [-0.15, -0.1) is 0 Å². The predicted molar refractivity (Wildman–Crippen MR) is 56.0 cm³/mol. The molecule has 13 heavy (non-hydrogen) atoms. The van der Waals surface area contributed by atoms with Crippen molar-refractivity contribution in [3.05, 3.63) is 0 Å². The first-order valence-corrected chi connectivity index (χ1v) is 5.66. The standard InChI is InChI=1S/C11H23NO/c1-3-6-11(7-5-8-12-11)10-13-9-4-2/h12H,3-10H2,1-2H3. The van der Waals surface area contributed by atoms with Crippen molar-refractivity contribution in [2.24, 2.45) is 0 Å². The van der Waals surface area contributed by atoms with E-state index in [0.717, 1.165) is 19.6 Å². The van der Waals surface area contributed by atoms with Gasteiger partial charge >= 0.3 is 0 Å². The highest BCUT2D eigenvalue weighted by Crippen LogP contribution is 2.24. The molecule has 1 heterocycles. The minimum absolute atomic E-state index is 0.323. The van der Waals surface area contributed by atoms with E-state index in [4.69, 9.17) is 4.74 Å². The summed E-state index contributed by atoms with van der Waals surface area (Å²) in [6.07, 6.45) is 6.25. The predicted octanol–water partition coefficient (Wildman–Crippen LogP) is 2.34. The highest BCUT2D eigenvalue weighted by atomic mass is 16.5. The summed E-state index contributed by atoms with van der Waals surface area (Å²) in [6, 6.07) is 0. The second-order valence-corrected chi connectivity index (χ2v) is 4.11. The van der Waals surface area contributed by atoms with Gasteiger partial charge in [-0.25, -0.2) is 0 Å². The van der Waals surface area contributed by atoms with Gasteiger partial charge in [0.25, 0.3) is 0 Å². The maximum atomic E-state index is 5.66. The summed E-state index contributed by atoms with van der Waals surface area (Å²) in [5.41, 5.74) is 0.323. The van der Waals surface area contributed by atoms with E-state index < -0.39 is 0 Å². The lowest BCUT2D eigenvalue weighted by atomic mass is 9.93. The normalized spacial score (nSPS) is 28.2. The zero-order valence-corrected chi connectivity index (χ0v) is 9.07. The molecule has 1 saturated heterocycles. The Morgan fingerprint density at radius 3 is 2.69 bits per heavy atom. The summed E-state index contributed by atoms with van der Waals surface area (Å²) < 4.78 is 5.66. The number of nitrogens with one attached hydrogen (secondary N) is 1. The molecule has 1 rings (SSSR count). The van der Waals surface area contributed by atoms with Crippen molar-refractivity contribution >= 4 is 0 Å². The van der Waals surface area contributed by atoms with Crippen molar-refractivity contribution in [2.75, 3.05) is 19.8 Å². The topological polar surface area (TPSA) is 21.3 Å². The smallest absolute Gasteiger partial charge is 0.0648 e. The molecule has 0 aromatic carbocycles. The van der Waals surface area contributed by atoms with Crippen LogP contribution in [0.2, 0.25) is 0 Å². The Morgan fingerprint density at radius 2 is 2.15 bits per heavy atom. The highest BCUT2D eigenvalue weighted by molar-refractivity contribution is 4.92. The molecule has 0 radical (unpaired) electrons. The fourth-order valence-corrected chi connectivity index (χ4v) is 2.17. The van der Waals surface area contributed by atoms with Crippen molar-refractivity contribution in [1.29, 1.82) is 0 Å². The molecule has 1 aliphatic rings. The molecule has 1 N–H and O–H groups in total. The van der Waals surface area contributed by atoms with Crippen molar-refractivity contribution in [1.82, 2.24) is 5.32 Å². The van der Waals surface area contributed by atoms with Gasteiger partial charge in [0, 0.05) is 12.1 Å². The van der Waals surface area contributed by atoms with E-state index in [9.17, 15) is 0 Å². The molecule has 0 aliphatic carbocycles. The van der Waals surface area contributed by atoms with E-state index in [1.165, 1.54) is 32.2 Å². The average molecular weight is 185 g/mol. The maximum Gasteiger partial charge on any atom is 0.0648 e. The van der Waals surface area contributed by atoms with Gasteiger partial charge in [-0.3, -0.25) is 0 Å². The van der Waals surface area contributed by atoms with Gasteiger partial charge in [0.2, 0.25) is 0 Å². The van der Waals surface area contributed by atoms with Crippen LogP contribution >= 0.6 is 0 Å². The lowest BCUT2D eigenvalue weighted by Crippen LogP contribution is -2.44. The summed E-state index contributed by atoms with van der Waals surface area (Å²) in [6.45, 7) is 7.41. The fourth-order valence-electron chi connectivity index (χ4n) is 2.17. The van der Waals surface area contributed by atoms with E-state index in [1.807, 2.05) is 0 Å². The maximum absolute atomic E-state index is 5.66. The zero-order chi connectivity index (χ0) is 9.57. The molecular weight excluding hydrogens is 162 g/mol. The van der Waals surface area contributed by atoms with Crippen molar-refractivity contribution < 1.29 is 4.74 Å². The van der Waals surface area contributed by atoms with Crippen LogP contribution in [0, 0.1) is 0 Å². The van der Waals surface area contributed by atoms with Gasteiger partial charge in [0.1, 0.15) is 0 Å². The van der Waals surface area contributed by atoms with Crippen LogP contribution in [0.1, 0.15) is 46.0 Å². The van der Waals surface area contributed by atoms with Crippen molar-refractivity contribution in [3.63, 3.8) is 0 Å². The summed E-state index contributed by atoms with van der Waals surface area (Å²) in [5, 5.41) is 3.60. The van der Waals surface area contributed by atoms with Crippen LogP contribution in [0.4, 0.5) is 0 Å². The molecule has 0 spiro atoms. The SMILES string of the molecule is CCCOCC1(CCC)CCCN1. The van der Waals surface area contributed by atoms with Crippen LogP contribution in [0.25, 0.3) is 0 Å². The lowest BCUT2D eigenvalue weighted by Gasteiger charge is -2.28. The van der Waals surface area contributed by atoms with E-state index in [-0.39, 0.29) is 0 Å². The molecule has 1 atom stereocenters. The van der Waals surface area contributed by atoms with Gasteiger partial charge < -0.3 is 10.1 Å². The molecule has 0 aromatic heterocycles. The third-order valence-corrected chi connectivity index (χ3v) is 2.79. The Balaban J connectivity index is 2.28. The molecular formula is C11H23NO. The molecule has 0 saturated carbocycles. The Bertz CT molecular complexity index is 130. The Kier molecular flexibility index (Phi) is 4.74. The third kappa shape index (κ3) is 3.28. The van der Waals surface area contributed by atoms with Crippen LogP contribution in [0.5, 0.6) is 0 Å². The van der Waals surface area contributed by atoms with Crippen molar-refractivity contribution in [3.8, 4) is 0 Å². The molecule has 1 unspecified atom stereocenters. The van der Waals surface area contributed by atoms with Crippen molar-refractivity contribution in [2.45, 2.75) is 51.5 Å². The first kappa shape index (κ1) is 11.0. The molecule has 2 heteroatoms. The monoisotopic (exact) mass is 185 g/mol. The van der Waals surface area contributed by atoms with Gasteiger partial charge in [-0.2, -0.15) is 0 Å². The summed E-state index contributed by atoms with van der Waals surface area (Å²) in [4.78, 5) is 0. The van der Waals surface area contributed by atoms with Gasteiger partial charge in [0.15, 0.2) is 0 Å². The second kappa shape index (κ2) is 5.61. The number of rotatable bonds is 6. The summed E-state index contributed by atoms with van der Waals surface area (Å²) in [5.74, 6) is 0. The first-order chi connectivity index (χ1) is 6.33. The Hall–Kier alpha value is -0.0800. The minimum Gasteiger partial charge on any atom is -0.380 e. The molecule has 78 valence electrons. The fraction of sp³-hybridized carbons (Fsp3) is 1.00. The molecule has 0 aromatic rings. The molecule has 2 nitrogen and oxygen atoms in total. The van der Waals surface area contributed by atoms with E-state index in [2.05, 4.69) is 19.2 Å². The van der Waals surface area contributed by atoms with Crippen LogP contribution in [-0.2, 0) is 4.74 Å². The molecule has 1 fully saturated rings. The third-order valence-electron chi connectivity index (χ3n) is 2.79. The second-order valence-electron chi connectivity index (χ2n) is 4.11. The zero-order valence-electron chi connectivity index (χ0n) is 9.07. The summed E-state index contributed by atoms with van der Waals surface area (Å²) >= 11 is 0. The molecule has 0 bridgehead atoms. The molecule has 0 amide bonds. The van der Waals surface area contributed by atoms with E-state index >= 15 is 0 Å². The lowest BCUT2D eigenvalue weighted by molar-refractivity contribution is 0.0720. The largest absolute Gasteiger partial charge is 0.380 e. The van der Waals surface area contributed by atoms with Crippen LogP contribution in [0.15, 0.2) is 0 Å². The van der Waals surface area contributed by atoms with E-state index in [0.29, 0.717) is 5.54 Å². The number of hydrogen-bond donors (Lipinski definition) is 1. The number of hydrogen-bond acceptors (Lipinski definition) is 2. The van der Waals surface area contributed by atoms with Crippen LogP contribution < -0.4 is 5.32 Å². The van der Waals surface area contributed by atoms with E-state index in [1.54, 1.807) is 0 Å². The van der Waals surface area contributed by atoms with Gasteiger partial charge in [-0.05, 0) is 32.2 Å². The van der Waals surface area contributed by atoms with Gasteiger partial charge in [-0.1, -0.05) is 20.3 Å². The first-order valence-electron chi connectivity index (χ1n) is 5.66. The minimum atomic E-state index is 0.323. The van der Waals surface area contributed by atoms with Crippen LogP contribution in [0.3, 0.4) is 0 Å². The number of ether oxygens (including phenoxy) is 1. The Morgan fingerprint density at radius 1 is 1.31 bits per heavy atom. The summed E-state index contributed by atoms with van der Waals surface area (Å²) in [7, 11) is 0. The Labute approximate surface area is 82.0 Å². The van der Waals surface area contributed by atoms with Gasteiger partial charge in [0.05, 0.1) is 6.61 Å². The average Bonchev–Trinajstić information content (AvgIpc) is 2.55. The van der Waals surface area contributed by atoms with Crippen LogP contribution in [-0.4, -0.2) is 25.3 Å².